The normalized spacial score (nSPS) is 30.9. The Hall–Kier alpha value is -0.190. The highest BCUT2D eigenvalue weighted by Gasteiger charge is 2.24. The summed E-state index contributed by atoms with van der Waals surface area (Å²) in [6, 6.07) is 7.84. The standard InChI is InChI=1S/C15H20BrNOS/c16-13-3-1-12-10-15(4-2-11(12)9-13)17-14-5-7-19(18)8-6-14/h1,3,9,14-15,17H,2,4-8,10H2. The van der Waals surface area contributed by atoms with E-state index in [1.54, 1.807) is 0 Å². The zero-order chi connectivity index (χ0) is 13.2. The first-order chi connectivity index (χ1) is 9.20. The van der Waals surface area contributed by atoms with Gasteiger partial charge in [-0.25, -0.2) is 0 Å². The van der Waals surface area contributed by atoms with Gasteiger partial charge in [-0.05, 0) is 55.4 Å². The lowest BCUT2D eigenvalue weighted by Crippen LogP contribution is -2.44. The van der Waals surface area contributed by atoms with Gasteiger partial charge in [0.2, 0.25) is 0 Å². The SMILES string of the molecule is O=S1CCC(NC2CCc3cc(Br)ccc3C2)CC1. The van der Waals surface area contributed by atoms with Crippen molar-refractivity contribution in [3.8, 4) is 0 Å². The second-order valence-corrected chi connectivity index (χ2v) is 8.25. The number of halogens is 1. The van der Waals surface area contributed by atoms with E-state index in [1.807, 2.05) is 0 Å². The van der Waals surface area contributed by atoms with E-state index < -0.39 is 10.8 Å². The predicted octanol–water partition coefficient (Wildman–Crippen LogP) is 2.81. The number of benzene rings is 1. The molecule has 4 heteroatoms. The molecule has 0 saturated carbocycles. The molecule has 2 aliphatic rings. The van der Waals surface area contributed by atoms with Gasteiger partial charge in [0.05, 0.1) is 0 Å². The summed E-state index contributed by atoms with van der Waals surface area (Å²) in [5.41, 5.74) is 2.99. The van der Waals surface area contributed by atoms with E-state index in [4.69, 9.17) is 0 Å². The minimum Gasteiger partial charge on any atom is -0.311 e. The fourth-order valence-corrected chi connectivity index (χ4v) is 4.87. The van der Waals surface area contributed by atoms with Crippen LogP contribution in [0.4, 0.5) is 0 Å². The van der Waals surface area contributed by atoms with E-state index in [2.05, 4.69) is 39.4 Å². The number of rotatable bonds is 2. The molecule has 0 radical (unpaired) electrons. The number of hydrogen-bond acceptors (Lipinski definition) is 2. The molecule has 1 unspecified atom stereocenters. The third-order valence-electron chi connectivity index (χ3n) is 4.26. The highest BCUT2D eigenvalue weighted by Crippen LogP contribution is 2.25. The molecule has 1 heterocycles. The van der Waals surface area contributed by atoms with Gasteiger partial charge in [-0.2, -0.15) is 0 Å². The third-order valence-corrected chi connectivity index (χ3v) is 6.13. The van der Waals surface area contributed by atoms with Gasteiger partial charge in [0.1, 0.15) is 0 Å². The van der Waals surface area contributed by atoms with Crippen LogP contribution in [0.5, 0.6) is 0 Å². The fourth-order valence-electron chi connectivity index (χ4n) is 3.16. The summed E-state index contributed by atoms with van der Waals surface area (Å²) in [6.45, 7) is 0. The topological polar surface area (TPSA) is 29.1 Å². The van der Waals surface area contributed by atoms with Crippen LogP contribution in [0.15, 0.2) is 22.7 Å². The molecule has 1 aromatic rings. The molecule has 19 heavy (non-hydrogen) atoms. The van der Waals surface area contributed by atoms with E-state index in [0.717, 1.165) is 30.8 Å². The summed E-state index contributed by atoms with van der Waals surface area (Å²) >= 11 is 3.55. The maximum absolute atomic E-state index is 11.4. The molecule has 0 amide bonds. The minimum atomic E-state index is -0.552. The van der Waals surface area contributed by atoms with E-state index in [1.165, 1.54) is 28.4 Å². The van der Waals surface area contributed by atoms with E-state index in [0.29, 0.717) is 12.1 Å². The van der Waals surface area contributed by atoms with Crippen LogP contribution in [0.2, 0.25) is 0 Å². The van der Waals surface area contributed by atoms with Crippen LogP contribution in [-0.2, 0) is 23.6 Å². The van der Waals surface area contributed by atoms with Crippen molar-refractivity contribution in [3.05, 3.63) is 33.8 Å². The Morgan fingerprint density at radius 3 is 2.68 bits per heavy atom. The Balaban J connectivity index is 1.59. The smallest absolute Gasteiger partial charge is 0.0249 e. The highest BCUT2D eigenvalue weighted by atomic mass is 79.9. The molecule has 1 aliphatic heterocycles. The summed E-state index contributed by atoms with van der Waals surface area (Å²) in [4.78, 5) is 0. The summed E-state index contributed by atoms with van der Waals surface area (Å²) in [5, 5.41) is 3.79. The number of hydrogen-bond donors (Lipinski definition) is 1. The van der Waals surface area contributed by atoms with E-state index in [-0.39, 0.29) is 0 Å². The molecule has 1 N–H and O–H groups in total. The van der Waals surface area contributed by atoms with Gasteiger partial charge < -0.3 is 5.32 Å². The molecular formula is C15H20BrNOS. The van der Waals surface area contributed by atoms with Crippen LogP contribution < -0.4 is 5.32 Å². The van der Waals surface area contributed by atoms with Gasteiger partial charge in [0.25, 0.3) is 0 Å². The van der Waals surface area contributed by atoms with Gasteiger partial charge in [-0.1, -0.05) is 22.0 Å². The second-order valence-electron chi connectivity index (χ2n) is 5.64. The van der Waals surface area contributed by atoms with Gasteiger partial charge in [0.15, 0.2) is 0 Å². The van der Waals surface area contributed by atoms with E-state index >= 15 is 0 Å². The fraction of sp³-hybridized carbons (Fsp3) is 0.600. The quantitative estimate of drug-likeness (QED) is 0.896. The lowest BCUT2D eigenvalue weighted by molar-refractivity contribution is 0.375. The van der Waals surface area contributed by atoms with Crippen molar-refractivity contribution in [1.82, 2.24) is 5.32 Å². The van der Waals surface area contributed by atoms with Crippen molar-refractivity contribution in [2.24, 2.45) is 0 Å². The average Bonchev–Trinajstić information content (AvgIpc) is 2.42. The lowest BCUT2D eigenvalue weighted by Gasteiger charge is -2.31. The predicted molar refractivity (Wildman–Crippen MR) is 84.0 cm³/mol. The Bertz CT molecular complexity index is 481. The molecule has 0 bridgehead atoms. The van der Waals surface area contributed by atoms with E-state index in [9.17, 15) is 4.21 Å². The molecule has 1 atom stereocenters. The Morgan fingerprint density at radius 2 is 1.89 bits per heavy atom. The van der Waals surface area contributed by atoms with Gasteiger partial charge >= 0.3 is 0 Å². The minimum absolute atomic E-state index is 0.552. The first kappa shape index (κ1) is 13.8. The molecule has 0 aromatic heterocycles. The monoisotopic (exact) mass is 341 g/mol. The maximum Gasteiger partial charge on any atom is 0.0249 e. The molecule has 104 valence electrons. The number of aryl methyl sites for hydroxylation is 1. The largest absolute Gasteiger partial charge is 0.311 e. The van der Waals surface area contributed by atoms with Crippen LogP contribution in [0.1, 0.15) is 30.4 Å². The summed E-state index contributed by atoms with van der Waals surface area (Å²) in [6.07, 6.45) is 5.70. The number of nitrogens with one attached hydrogen (secondary N) is 1. The Morgan fingerprint density at radius 1 is 1.11 bits per heavy atom. The molecule has 0 spiro atoms. The summed E-state index contributed by atoms with van der Waals surface area (Å²) in [5.74, 6) is 1.77. The van der Waals surface area contributed by atoms with Crippen molar-refractivity contribution in [3.63, 3.8) is 0 Å². The first-order valence-corrected chi connectivity index (χ1v) is 9.37. The first-order valence-electron chi connectivity index (χ1n) is 7.09. The molecule has 1 saturated heterocycles. The third kappa shape index (κ3) is 3.47. The zero-order valence-electron chi connectivity index (χ0n) is 11.0. The Kier molecular flexibility index (Phi) is 4.40. The van der Waals surface area contributed by atoms with Crippen LogP contribution in [0, 0.1) is 0 Å². The zero-order valence-corrected chi connectivity index (χ0v) is 13.4. The van der Waals surface area contributed by atoms with Crippen LogP contribution in [0.25, 0.3) is 0 Å². The maximum atomic E-state index is 11.4. The molecule has 1 fully saturated rings. The molecule has 1 aromatic carbocycles. The van der Waals surface area contributed by atoms with Crippen LogP contribution >= 0.6 is 15.9 Å². The van der Waals surface area contributed by atoms with Crippen molar-refractivity contribution in [2.45, 2.75) is 44.2 Å². The molecule has 1 aliphatic carbocycles. The molecular weight excluding hydrogens is 322 g/mol. The van der Waals surface area contributed by atoms with Crippen molar-refractivity contribution in [1.29, 1.82) is 0 Å². The average molecular weight is 342 g/mol. The second kappa shape index (κ2) is 6.06. The lowest BCUT2D eigenvalue weighted by atomic mass is 9.88. The van der Waals surface area contributed by atoms with Crippen LogP contribution in [-0.4, -0.2) is 27.8 Å². The van der Waals surface area contributed by atoms with Crippen molar-refractivity contribution >= 4 is 26.7 Å². The summed E-state index contributed by atoms with van der Waals surface area (Å²) in [7, 11) is -0.552. The van der Waals surface area contributed by atoms with Crippen LogP contribution in [0.3, 0.4) is 0 Å². The van der Waals surface area contributed by atoms with Gasteiger partial charge in [-0.3, -0.25) is 4.21 Å². The molecule has 2 nitrogen and oxygen atoms in total. The molecule has 3 rings (SSSR count). The highest BCUT2D eigenvalue weighted by molar-refractivity contribution is 9.10. The number of fused-ring (bicyclic) bond motifs is 1. The summed E-state index contributed by atoms with van der Waals surface area (Å²) < 4.78 is 12.6. The van der Waals surface area contributed by atoms with Gasteiger partial charge in [-0.15, -0.1) is 0 Å². The van der Waals surface area contributed by atoms with Crippen molar-refractivity contribution in [2.75, 3.05) is 11.5 Å². The van der Waals surface area contributed by atoms with Crippen molar-refractivity contribution < 1.29 is 4.21 Å². The Labute approximate surface area is 125 Å². The van der Waals surface area contributed by atoms with Gasteiger partial charge in [0, 0.05) is 38.9 Å².